The summed E-state index contributed by atoms with van der Waals surface area (Å²) in [7, 11) is 0. The maximum absolute atomic E-state index is 6.25. The first-order chi connectivity index (χ1) is 18.3. The number of para-hydroxylation sites is 1. The predicted octanol–water partition coefficient (Wildman–Crippen LogP) is 7.37. The Morgan fingerprint density at radius 3 is 1.81 bits per heavy atom. The van der Waals surface area contributed by atoms with Crippen molar-refractivity contribution >= 4 is 5.57 Å². The van der Waals surface area contributed by atoms with Gasteiger partial charge in [-0.2, -0.15) is 0 Å². The largest absolute Gasteiger partial charge is 0.485 e. The van der Waals surface area contributed by atoms with Gasteiger partial charge in [0.15, 0.2) is 17.5 Å². The molecule has 0 radical (unpaired) electrons. The smallest absolute Gasteiger partial charge is 0.164 e. The first-order valence-corrected chi connectivity index (χ1v) is 12.5. The summed E-state index contributed by atoms with van der Waals surface area (Å²) < 4.78 is 6.25. The first kappa shape index (κ1) is 21.5. The van der Waals surface area contributed by atoms with Crippen LogP contribution < -0.4 is 4.74 Å². The third-order valence-electron chi connectivity index (χ3n) is 6.91. The van der Waals surface area contributed by atoms with Crippen LogP contribution in [0.2, 0.25) is 0 Å². The zero-order valence-electron chi connectivity index (χ0n) is 20.0. The highest BCUT2D eigenvalue weighted by molar-refractivity contribution is 5.80. The molecule has 1 aromatic heterocycles. The average molecular weight is 478 g/mol. The minimum absolute atomic E-state index is 0.00704. The standard InChI is InChI=1S/C33H23N3O/c1-3-11-22(12-4-1)31-34-32(23-13-5-2-6-14-23)36-33(35-31)25-16-9-15-24(21-25)26-18-10-20-29-30(26)27-17-7-8-19-28(27)37-29/h1-21,29-30H. The maximum Gasteiger partial charge on any atom is 0.164 e. The van der Waals surface area contributed by atoms with Gasteiger partial charge in [0.1, 0.15) is 11.9 Å². The van der Waals surface area contributed by atoms with E-state index in [-0.39, 0.29) is 12.0 Å². The highest BCUT2D eigenvalue weighted by atomic mass is 16.5. The van der Waals surface area contributed by atoms with Gasteiger partial charge in [-0.15, -0.1) is 0 Å². The van der Waals surface area contributed by atoms with E-state index in [1.807, 2.05) is 66.7 Å². The van der Waals surface area contributed by atoms with Crippen molar-refractivity contribution in [2.75, 3.05) is 0 Å². The number of nitrogens with zero attached hydrogens (tertiary/aromatic N) is 3. The molecule has 176 valence electrons. The highest BCUT2D eigenvalue weighted by Crippen LogP contribution is 2.48. The summed E-state index contributed by atoms with van der Waals surface area (Å²) in [5.74, 6) is 3.10. The molecule has 4 nitrogen and oxygen atoms in total. The summed E-state index contributed by atoms with van der Waals surface area (Å²) in [5, 5.41) is 0. The van der Waals surface area contributed by atoms with E-state index in [1.54, 1.807) is 0 Å². The van der Waals surface area contributed by atoms with E-state index >= 15 is 0 Å². The minimum atomic E-state index is 0.00704. The number of ether oxygens (including phenoxy) is 1. The number of benzene rings is 4. The Hall–Kier alpha value is -4.83. The van der Waals surface area contributed by atoms with E-state index in [9.17, 15) is 0 Å². The Balaban J connectivity index is 1.34. The van der Waals surface area contributed by atoms with Crippen LogP contribution >= 0.6 is 0 Å². The molecule has 0 spiro atoms. The monoisotopic (exact) mass is 477 g/mol. The Morgan fingerprint density at radius 2 is 1.11 bits per heavy atom. The molecular weight excluding hydrogens is 454 g/mol. The molecule has 37 heavy (non-hydrogen) atoms. The van der Waals surface area contributed by atoms with Crippen LogP contribution in [0.1, 0.15) is 17.0 Å². The third kappa shape index (κ3) is 3.93. The molecule has 4 aromatic carbocycles. The summed E-state index contributed by atoms with van der Waals surface area (Å²) in [5.41, 5.74) is 6.48. The van der Waals surface area contributed by atoms with Crippen LogP contribution in [0.15, 0.2) is 127 Å². The average Bonchev–Trinajstić information content (AvgIpc) is 3.37. The topological polar surface area (TPSA) is 47.9 Å². The van der Waals surface area contributed by atoms with Gasteiger partial charge in [0.05, 0.1) is 5.92 Å². The third-order valence-corrected chi connectivity index (χ3v) is 6.91. The molecule has 2 heterocycles. The molecular formula is C33H23N3O. The Kier molecular flexibility index (Phi) is 5.21. The molecule has 0 N–H and O–H groups in total. The van der Waals surface area contributed by atoms with Crippen molar-refractivity contribution in [1.82, 2.24) is 15.0 Å². The lowest BCUT2D eigenvalue weighted by Crippen LogP contribution is -2.19. The first-order valence-electron chi connectivity index (χ1n) is 12.5. The van der Waals surface area contributed by atoms with Gasteiger partial charge < -0.3 is 4.74 Å². The van der Waals surface area contributed by atoms with E-state index in [2.05, 4.69) is 60.7 Å². The van der Waals surface area contributed by atoms with E-state index < -0.39 is 0 Å². The summed E-state index contributed by atoms with van der Waals surface area (Å²) in [6.45, 7) is 0. The summed E-state index contributed by atoms with van der Waals surface area (Å²) in [6.07, 6.45) is 6.44. The van der Waals surface area contributed by atoms with Crippen LogP contribution in [0.5, 0.6) is 5.75 Å². The molecule has 4 heteroatoms. The molecule has 0 fully saturated rings. The second kappa shape index (κ2) is 8.99. The normalized spacial score (nSPS) is 17.5. The lowest BCUT2D eigenvalue weighted by atomic mass is 9.81. The van der Waals surface area contributed by atoms with E-state index in [1.165, 1.54) is 11.1 Å². The molecule has 1 aliphatic heterocycles. The fraction of sp³-hybridized carbons (Fsp3) is 0.0606. The van der Waals surface area contributed by atoms with Gasteiger partial charge in [0.25, 0.3) is 0 Å². The molecule has 7 rings (SSSR count). The SMILES string of the molecule is C1=CC2Oc3ccccc3C2C(c2cccc(-c3nc(-c4ccccc4)nc(-c4ccccc4)n3)c2)=C1. The van der Waals surface area contributed by atoms with Crippen molar-refractivity contribution in [2.24, 2.45) is 0 Å². The van der Waals surface area contributed by atoms with Gasteiger partial charge in [0, 0.05) is 22.3 Å². The van der Waals surface area contributed by atoms with Crippen molar-refractivity contribution in [3.05, 3.63) is 139 Å². The van der Waals surface area contributed by atoms with Crippen LogP contribution in [0, 0.1) is 0 Å². The van der Waals surface area contributed by atoms with Crippen molar-refractivity contribution in [3.63, 3.8) is 0 Å². The van der Waals surface area contributed by atoms with E-state index in [4.69, 9.17) is 19.7 Å². The number of hydrogen-bond acceptors (Lipinski definition) is 4. The number of aromatic nitrogens is 3. The van der Waals surface area contributed by atoms with Crippen molar-refractivity contribution in [3.8, 4) is 39.9 Å². The Bertz CT molecular complexity index is 1600. The van der Waals surface area contributed by atoms with Gasteiger partial charge in [-0.25, -0.2) is 15.0 Å². The van der Waals surface area contributed by atoms with Crippen LogP contribution in [0.25, 0.3) is 39.7 Å². The summed E-state index contributed by atoms with van der Waals surface area (Å²) in [4.78, 5) is 14.6. The fourth-order valence-corrected chi connectivity index (χ4v) is 5.16. The number of hydrogen-bond donors (Lipinski definition) is 0. The number of allylic oxidation sites excluding steroid dienone is 2. The van der Waals surface area contributed by atoms with Gasteiger partial charge in [-0.3, -0.25) is 0 Å². The van der Waals surface area contributed by atoms with Crippen LogP contribution in [-0.4, -0.2) is 21.1 Å². The van der Waals surface area contributed by atoms with E-state index in [0.717, 1.165) is 28.0 Å². The molecule has 0 amide bonds. The van der Waals surface area contributed by atoms with Gasteiger partial charge in [-0.1, -0.05) is 109 Å². The van der Waals surface area contributed by atoms with Crippen molar-refractivity contribution in [1.29, 1.82) is 0 Å². The maximum atomic E-state index is 6.25. The lowest BCUT2D eigenvalue weighted by molar-refractivity contribution is 0.271. The molecule has 1 aliphatic carbocycles. The van der Waals surface area contributed by atoms with Crippen LogP contribution in [0.3, 0.4) is 0 Å². The number of rotatable bonds is 4. The molecule has 2 atom stereocenters. The Morgan fingerprint density at radius 1 is 0.541 bits per heavy atom. The molecule has 0 saturated carbocycles. The van der Waals surface area contributed by atoms with Crippen LogP contribution in [0.4, 0.5) is 0 Å². The number of fused-ring (bicyclic) bond motifs is 3. The van der Waals surface area contributed by atoms with Gasteiger partial charge in [-0.05, 0) is 29.3 Å². The second-order valence-electron chi connectivity index (χ2n) is 9.22. The molecule has 0 bridgehead atoms. The zero-order valence-corrected chi connectivity index (χ0v) is 20.0. The molecule has 2 unspecified atom stereocenters. The highest BCUT2D eigenvalue weighted by Gasteiger charge is 2.36. The fourth-order valence-electron chi connectivity index (χ4n) is 5.16. The molecule has 2 aliphatic rings. The van der Waals surface area contributed by atoms with Crippen molar-refractivity contribution < 1.29 is 4.74 Å². The van der Waals surface area contributed by atoms with Crippen molar-refractivity contribution in [2.45, 2.75) is 12.0 Å². The lowest BCUT2D eigenvalue weighted by Gasteiger charge is -2.23. The van der Waals surface area contributed by atoms with Crippen LogP contribution in [-0.2, 0) is 0 Å². The van der Waals surface area contributed by atoms with Gasteiger partial charge in [0.2, 0.25) is 0 Å². The van der Waals surface area contributed by atoms with Gasteiger partial charge >= 0.3 is 0 Å². The predicted molar refractivity (Wildman–Crippen MR) is 147 cm³/mol. The minimum Gasteiger partial charge on any atom is -0.485 e. The zero-order chi connectivity index (χ0) is 24.6. The summed E-state index contributed by atoms with van der Waals surface area (Å²) in [6, 6.07) is 36.9. The second-order valence-corrected chi connectivity index (χ2v) is 9.22. The summed E-state index contributed by atoms with van der Waals surface area (Å²) >= 11 is 0. The molecule has 0 saturated heterocycles. The molecule has 5 aromatic rings. The quantitative estimate of drug-likeness (QED) is 0.271. The Labute approximate surface area is 215 Å². The van der Waals surface area contributed by atoms with E-state index in [0.29, 0.717) is 17.5 Å².